The second kappa shape index (κ2) is 7.98. The fraction of sp³-hybridized carbons (Fsp3) is 0.438. The quantitative estimate of drug-likeness (QED) is 0.565. The number of hydrogen-bond donors (Lipinski definition) is 4. The smallest absolute Gasteiger partial charge is 0.138 e. The van der Waals surface area contributed by atoms with Crippen molar-refractivity contribution in [1.29, 1.82) is 0 Å². The maximum Gasteiger partial charge on any atom is 0.138 e. The van der Waals surface area contributed by atoms with E-state index in [1.807, 2.05) is 24.3 Å². The first-order valence-corrected chi connectivity index (χ1v) is 9.59. The summed E-state index contributed by atoms with van der Waals surface area (Å²) in [4.78, 5) is 5.30. The summed E-state index contributed by atoms with van der Waals surface area (Å²) in [6.07, 6.45) is -5.39. The van der Waals surface area contributed by atoms with Crippen molar-refractivity contribution >= 4 is 38.9 Å². The van der Waals surface area contributed by atoms with Gasteiger partial charge in [-0.1, -0.05) is 23.7 Å². The predicted octanol–water partition coefficient (Wildman–Crippen LogP) is 1.66. The number of nitrogens with zero attached hydrogens (tertiary/aromatic N) is 1. The van der Waals surface area contributed by atoms with Gasteiger partial charge in [0.1, 0.15) is 40.1 Å². The fourth-order valence-corrected chi connectivity index (χ4v) is 4.56. The summed E-state index contributed by atoms with van der Waals surface area (Å²) in [6.45, 7) is -0.467. The lowest BCUT2D eigenvalue weighted by Gasteiger charge is -2.39. The minimum absolute atomic E-state index is 0.465. The topological polar surface area (TPSA) is 103 Å². The molecule has 1 aliphatic rings. The number of aromatic nitrogens is 1. The highest BCUT2D eigenvalue weighted by molar-refractivity contribution is 9.10. The Balaban J connectivity index is 1.82. The van der Waals surface area contributed by atoms with Crippen LogP contribution in [0.2, 0.25) is 5.02 Å². The van der Waals surface area contributed by atoms with Gasteiger partial charge in [0.2, 0.25) is 0 Å². The van der Waals surface area contributed by atoms with Crippen LogP contribution in [0.15, 0.2) is 28.9 Å². The van der Waals surface area contributed by atoms with Gasteiger partial charge in [0, 0.05) is 16.3 Å². The molecule has 1 saturated heterocycles. The summed E-state index contributed by atoms with van der Waals surface area (Å²) in [5.41, 5.74) is 1.05. The molecule has 3 rings (SSSR count). The van der Waals surface area contributed by atoms with E-state index in [0.29, 0.717) is 21.1 Å². The molecule has 25 heavy (non-hydrogen) atoms. The van der Waals surface area contributed by atoms with Gasteiger partial charge in [0.15, 0.2) is 0 Å². The number of ether oxygens (including phenoxy) is 1. The SMILES string of the molecule is OC[C@H]1O[C@@H](c2nc(Br)c(Cc3ccc(Cl)cc3)s2)[C@H](O)[C@@H](O)[C@@H]1O. The van der Waals surface area contributed by atoms with Gasteiger partial charge in [-0.3, -0.25) is 0 Å². The molecular weight excluding hydrogens is 434 g/mol. The lowest BCUT2D eigenvalue weighted by Crippen LogP contribution is -2.55. The van der Waals surface area contributed by atoms with Crippen LogP contribution in [0.1, 0.15) is 21.6 Å². The molecule has 1 fully saturated rings. The molecule has 5 atom stereocenters. The van der Waals surface area contributed by atoms with Crippen molar-refractivity contribution in [2.45, 2.75) is 36.9 Å². The minimum Gasteiger partial charge on any atom is -0.394 e. The Bertz CT molecular complexity index is 726. The van der Waals surface area contributed by atoms with Gasteiger partial charge in [-0.15, -0.1) is 11.3 Å². The molecule has 2 heterocycles. The third kappa shape index (κ3) is 4.06. The standard InChI is InChI=1S/C16H17BrClNO5S/c17-15-10(5-7-1-3-8(18)4-2-7)25-16(19-15)14-13(23)12(22)11(21)9(6-20)24-14/h1-4,9,11-14,20-23H,5-6H2/t9-,11-,12+,13-,14-/m1/s1. The molecule has 1 aliphatic heterocycles. The molecule has 0 spiro atoms. The summed E-state index contributed by atoms with van der Waals surface area (Å²) in [6, 6.07) is 7.46. The summed E-state index contributed by atoms with van der Waals surface area (Å²) >= 11 is 10.6. The van der Waals surface area contributed by atoms with Crippen molar-refractivity contribution < 1.29 is 25.2 Å². The Morgan fingerprint density at radius 3 is 2.44 bits per heavy atom. The Hall–Kier alpha value is -0.580. The van der Waals surface area contributed by atoms with Crippen molar-refractivity contribution in [3.05, 3.63) is 49.3 Å². The van der Waals surface area contributed by atoms with E-state index in [1.54, 1.807) is 0 Å². The third-order valence-electron chi connectivity index (χ3n) is 4.08. The molecule has 1 aromatic heterocycles. The molecule has 0 saturated carbocycles. The number of rotatable bonds is 4. The number of hydrogen-bond acceptors (Lipinski definition) is 7. The largest absolute Gasteiger partial charge is 0.394 e. The molecule has 0 bridgehead atoms. The van der Waals surface area contributed by atoms with Crippen molar-refractivity contribution in [2.24, 2.45) is 0 Å². The van der Waals surface area contributed by atoms with Crippen LogP contribution < -0.4 is 0 Å². The zero-order valence-electron chi connectivity index (χ0n) is 12.9. The molecule has 0 radical (unpaired) electrons. The van der Waals surface area contributed by atoms with Crippen LogP contribution in [0.5, 0.6) is 0 Å². The first kappa shape index (κ1) is 19.2. The summed E-state index contributed by atoms with van der Waals surface area (Å²) in [5.74, 6) is 0. The van der Waals surface area contributed by atoms with E-state index in [9.17, 15) is 20.4 Å². The van der Waals surface area contributed by atoms with E-state index in [2.05, 4.69) is 20.9 Å². The van der Waals surface area contributed by atoms with Crippen LogP contribution in [0.3, 0.4) is 0 Å². The van der Waals surface area contributed by atoms with E-state index < -0.39 is 37.1 Å². The number of benzene rings is 1. The molecule has 0 aliphatic carbocycles. The zero-order valence-corrected chi connectivity index (χ0v) is 16.1. The minimum atomic E-state index is -1.42. The Kier molecular flexibility index (Phi) is 6.12. The summed E-state index contributed by atoms with van der Waals surface area (Å²) in [5, 5.41) is 40.4. The maximum absolute atomic E-state index is 10.2. The summed E-state index contributed by atoms with van der Waals surface area (Å²) < 4.78 is 6.17. The maximum atomic E-state index is 10.2. The average molecular weight is 451 g/mol. The van der Waals surface area contributed by atoms with E-state index in [4.69, 9.17) is 16.3 Å². The average Bonchev–Trinajstić information content (AvgIpc) is 2.95. The van der Waals surface area contributed by atoms with Crippen molar-refractivity contribution in [1.82, 2.24) is 4.98 Å². The Labute approximate surface area is 161 Å². The van der Waals surface area contributed by atoms with Gasteiger partial charge in [0.25, 0.3) is 0 Å². The number of thiazole rings is 1. The molecule has 1 aromatic carbocycles. The number of aliphatic hydroxyl groups excluding tert-OH is 4. The summed E-state index contributed by atoms with van der Waals surface area (Å²) in [7, 11) is 0. The van der Waals surface area contributed by atoms with Gasteiger partial charge in [-0.05, 0) is 33.6 Å². The normalized spacial score (nSPS) is 29.8. The van der Waals surface area contributed by atoms with Crippen LogP contribution in [0, 0.1) is 0 Å². The second-order valence-corrected chi connectivity index (χ2v) is 8.12. The zero-order chi connectivity index (χ0) is 18.1. The second-order valence-electron chi connectivity index (χ2n) is 5.82. The fourth-order valence-electron chi connectivity index (χ4n) is 2.67. The first-order chi connectivity index (χ1) is 11.9. The van der Waals surface area contributed by atoms with Crippen LogP contribution in [-0.4, -0.2) is 56.4 Å². The lowest BCUT2D eigenvalue weighted by atomic mass is 9.95. The molecule has 4 N–H and O–H groups in total. The lowest BCUT2D eigenvalue weighted by molar-refractivity contribution is -0.231. The van der Waals surface area contributed by atoms with Crippen LogP contribution >= 0.6 is 38.9 Å². The predicted molar refractivity (Wildman–Crippen MR) is 96.8 cm³/mol. The van der Waals surface area contributed by atoms with Crippen LogP contribution in [-0.2, 0) is 11.2 Å². The van der Waals surface area contributed by atoms with Crippen LogP contribution in [0.25, 0.3) is 0 Å². The van der Waals surface area contributed by atoms with Gasteiger partial charge >= 0.3 is 0 Å². The Morgan fingerprint density at radius 1 is 1.12 bits per heavy atom. The Morgan fingerprint density at radius 2 is 1.80 bits per heavy atom. The molecule has 2 aromatic rings. The highest BCUT2D eigenvalue weighted by Crippen LogP contribution is 2.37. The van der Waals surface area contributed by atoms with Crippen molar-refractivity contribution in [3.8, 4) is 0 Å². The van der Waals surface area contributed by atoms with E-state index in [0.717, 1.165) is 10.4 Å². The van der Waals surface area contributed by atoms with Crippen molar-refractivity contribution in [3.63, 3.8) is 0 Å². The van der Waals surface area contributed by atoms with E-state index in [1.165, 1.54) is 11.3 Å². The molecule has 136 valence electrons. The van der Waals surface area contributed by atoms with Crippen molar-refractivity contribution in [2.75, 3.05) is 6.61 Å². The van der Waals surface area contributed by atoms with Gasteiger partial charge in [-0.25, -0.2) is 4.98 Å². The molecular formula is C16H17BrClNO5S. The molecule has 9 heteroatoms. The van der Waals surface area contributed by atoms with Gasteiger partial charge in [-0.2, -0.15) is 0 Å². The van der Waals surface area contributed by atoms with Gasteiger partial charge in [0.05, 0.1) is 6.61 Å². The van der Waals surface area contributed by atoms with E-state index in [-0.39, 0.29) is 0 Å². The highest BCUT2D eigenvalue weighted by Gasteiger charge is 2.45. The first-order valence-electron chi connectivity index (χ1n) is 7.60. The van der Waals surface area contributed by atoms with Crippen LogP contribution in [0.4, 0.5) is 0 Å². The number of halogens is 2. The third-order valence-corrected chi connectivity index (χ3v) is 6.37. The molecule has 0 amide bonds. The van der Waals surface area contributed by atoms with Gasteiger partial charge < -0.3 is 25.2 Å². The highest BCUT2D eigenvalue weighted by atomic mass is 79.9. The monoisotopic (exact) mass is 449 g/mol. The number of aliphatic hydroxyl groups is 4. The molecule has 6 nitrogen and oxygen atoms in total. The van der Waals surface area contributed by atoms with E-state index >= 15 is 0 Å². The molecule has 0 unspecified atom stereocenters.